The normalized spacial score (nSPS) is 16.6. The Labute approximate surface area is 353 Å². The number of benzene rings is 8. The van der Waals surface area contributed by atoms with Crippen molar-refractivity contribution in [3.05, 3.63) is 241 Å². The number of anilines is 7. The second-order valence-electron chi connectivity index (χ2n) is 15.8. The molecule has 8 aromatic carbocycles. The van der Waals surface area contributed by atoms with Gasteiger partial charge in [-0.15, -0.1) is 0 Å². The van der Waals surface area contributed by atoms with Gasteiger partial charge in [0.25, 0.3) is 0 Å². The number of hydrogen-bond donors (Lipinski definition) is 1. The minimum absolute atomic E-state index is 0.242. The Morgan fingerprint density at radius 3 is 1.80 bits per heavy atom. The van der Waals surface area contributed by atoms with Crippen LogP contribution in [0.4, 0.5) is 39.8 Å². The second-order valence-corrected chi connectivity index (χ2v) is 15.8. The van der Waals surface area contributed by atoms with E-state index in [0.29, 0.717) is 5.92 Å². The van der Waals surface area contributed by atoms with E-state index in [1.165, 1.54) is 50.0 Å². The molecule has 0 heterocycles. The van der Waals surface area contributed by atoms with Gasteiger partial charge in [-0.1, -0.05) is 159 Å². The standard InChI is InChI=1S/C57H47N3/c1-41-25-26-44-15-11-13-23-53(44)56(41)57-54-24-14-12-16-45(54)31-40-55(57)58-46-32-27-42(28-33-46)43-29-34-50(35-30-43)60(49-21-9-4-10-22-49)52-38-36-51(37-39-52)59(47-17-5-2-6-18-47)48-19-7-3-8-20-48/h2-19,21-41,48,56,58H,20H2,1H3. The summed E-state index contributed by atoms with van der Waals surface area (Å²) in [6.45, 7) is 2.34. The number of para-hydroxylation sites is 2. The van der Waals surface area contributed by atoms with E-state index in [4.69, 9.17) is 0 Å². The van der Waals surface area contributed by atoms with Crippen LogP contribution in [0.5, 0.6) is 0 Å². The van der Waals surface area contributed by atoms with Gasteiger partial charge < -0.3 is 15.1 Å². The van der Waals surface area contributed by atoms with E-state index in [-0.39, 0.29) is 12.0 Å². The molecule has 0 fully saturated rings. The van der Waals surface area contributed by atoms with Crippen LogP contribution in [0.15, 0.2) is 225 Å². The van der Waals surface area contributed by atoms with Gasteiger partial charge in [0, 0.05) is 45.7 Å². The molecule has 1 N–H and O–H groups in total. The number of nitrogens with one attached hydrogen (secondary N) is 1. The fourth-order valence-electron chi connectivity index (χ4n) is 9.12. The van der Waals surface area contributed by atoms with Crippen molar-refractivity contribution in [3.8, 4) is 11.1 Å². The largest absolute Gasteiger partial charge is 0.355 e. The van der Waals surface area contributed by atoms with Gasteiger partial charge in [0.1, 0.15) is 0 Å². The molecule has 0 spiro atoms. The van der Waals surface area contributed by atoms with Crippen molar-refractivity contribution in [2.75, 3.05) is 15.1 Å². The van der Waals surface area contributed by atoms with Gasteiger partial charge in [-0.05, 0) is 130 Å². The molecule has 0 amide bonds. The van der Waals surface area contributed by atoms with Crippen molar-refractivity contribution in [2.45, 2.75) is 25.3 Å². The minimum atomic E-state index is 0.242. The Balaban J connectivity index is 0.926. The van der Waals surface area contributed by atoms with E-state index in [1.807, 2.05) is 0 Å². The highest BCUT2D eigenvalue weighted by Gasteiger charge is 2.28. The molecule has 0 aromatic heterocycles. The first-order chi connectivity index (χ1) is 29.7. The molecule has 3 unspecified atom stereocenters. The van der Waals surface area contributed by atoms with Crippen LogP contribution >= 0.6 is 0 Å². The van der Waals surface area contributed by atoms with Crippen LogP contribution in [0.1, 0.15) is 36.0 Å². The van der Waals surface area contributed by atoms with Crippen molar-refractivity contribution < 1.29 is 0 Å². The first-order valence-corrected chi connectivity index (χ1v) is 21.1. The smallest absolute Gasteiger partial charge is 0.0559 e. The summed E-state index contributed by atoms with van der Waals surface area (Å²) >= 11 is 0. The third-order valence-electron chi connectivity index (χ3n) is 12.1. The zero-order chi connectivity index (χ0) is 40.3. The van der Waals surface area contributed by atoms with Crippen molar-refractivity contribution >= 4 is 56.7 Å². The van der Waals surface area contributed by atoms with Gasteiger partial charge in [0.2, 0.25) is 0 Å². The quantitative estimate of drug-likeness (QED) is 0.149. The van der Waals surface area contributed by atoms with Crippen LogP contribution in [0.3, 0.4) is 0 Å². The lowest BCUT2D eigenvalue weighted by molar-refractivity contribution is 0.623. The van der Waals surface area contributed by atoms with Gasteiger partial charge in [-0.3, -0.25) is 0 Å². The summed E-state index contributed by atoms with van der Waals surface area (Å²) in [5, 5.41) is 6.41. The second kappa shape index (κ2) is 16.5. The predicted octanol–water partition coefficient (Wildman–Crippen LogP) is 15.5. The van der Waals surface area contributed by atoms with E-state index in [0.717, 1.165) is 34.9 Å². The average Bonchev–Trinajstić information content (AvgIpc) is 3.31. The molecule has 60 heavy (non-hydrogen) atoms. The maximum Gasteiger partial charge on any atom is 0.0559 e. The first kappa shape index (κ1) is 36.9. The molecule has 0 aliphatic heterocycles. The van der Waals surface area contributed by atoms with Gasteiger partial charge in [-0.25, -0.2) is 0 Å². The zero-order valence-electron chi connectivity index (χ0n) is 33.8. The van der Waals surface area contributed by atoms with E-state index in [1.54, 1.807) is 0 Å². The lowest BCUT2D eigenvalue weighted by Gasteiger charge is -2.33. The van der Waals surface area contributed by atoms with E-state index in [9.17, 15) is 0 Å². The minimum Gasteiger partial charge on any atom is -0.355 e. The summed E-state index contributed by atoms with van der Waals surface area (Å²) in [6, 6.07) is 70.5. The maximum atomic E-state index is 3.85. The van der Waals surface area contributed by atoms with Crippen LogP contribution in [-0.4, -0.2) is 6.04 Å². The molecule has 8 aromatic rings. The lowest BCUT2D eigenvalue weighted by atomic mass is 9.74. The molecule has 10 rings (SSSR count). The zero-order valence-corrected chi connectivity index (χ0v) is 33.8. The van der Waals surface area contributed by atoms with Crippen molar-refractivity contribution in [3.63, 3.8) is 0 Å². The molecule has 2 aliphatic rings. The maximum absolute atomic E-state index is 3.85. The third-order valence-corrected chi connectivity index (χ3v) is 12.1. The molecule has 2 aliphatic carbocycles. The molecule has 3 heteroatoms. The van der Waals surface area contributed by atoms with Crippen LogP contribution in [0.2, 0.25) is 0 Å². The van der Waals surface area contributed by atoms with Gasteiger partial charge >= 0.3 is 0 Å². The van der Waals surface area contributed by atoms with Gasteiger partial charge in [0.05, 0.1) is 6.04 Å². The topological polar surface area (TPSA) is 18.5 Å². The Hall–Kier alpha value is -7.36. The highest BCUT2D eigenvalue weighted by molar-refractivity contribution is 5.93. The number of fused-ring (bicyclic) bond motifs is 2. The van der Waals surface area contributed by atoms with Gasteiger partial charge in [-0.2, -0.15) is 0 Å². The number of allylic oxidation sites excluding steroid dienone is 3. The van der Waals surface area contributed by atoms with Crippen molar-refractivity contribution in [2.24, 2.45) is 5.92 Å². The molecular formula is C57H47N3. The summed E-state index contributed by atoms with van der Waals surface area (Å²) in [4.78, 5) is 4.76. The summed E-state index contributed by atoms with van der Waals surface area (Å²) < 4.78 is 0. The number of nitrogens with zero attached hydrogens (tertiary/aromatic N) is 2. The SMILES string of the molecule is CC1C=Cc2ccccc2C1c1c(Nc2ccc(-c3ccc(N(c4ccccc4)c4ccc(N(c5ccccc5)C5C=CC=CC5)cc4)cc3)cc2)ccc2ccccc12. The Kier molecular flexibility index (Phi) is 10.1. The van der Waals surface area contributed by atoms with Crippen molar-refractivity contribution in [1.29, 1.82) is 0 Å². The molecule has 3 nitrogen and oxygen atoms in total. The summed E-state index contributed by atoms with van der Waals surface area (Å²) in [7, 11) is 0. The fraction of sp³-hybridized carbons (Fsp3) is 0.0877. The molecule has 0 saturated carbocycles. The first-order valence-electron chi connectivity index (χ1n) is 21.1. The molecule has 0 bridgehead atoms. The van der Waals surface area contributed by atoms with Gasteiger partial charge in [0.15, 0.2) is 0 Å². The molecule has 3 atom stereocenters. The van der Waals surface area contributed by atoms with Crippen LogP contribution < -0.4 is 15.1 Å². The van der Waals surface area contributed by atoms with E-state index in [2.05, 4.69) is 253 Å². The number of rotatable bonds is 10. The highest BCUT2D eigenvalue weighted by atomic mass is 15.2. The Bertz CT molecular complexity index is 2820. The monoisotopic (exact) mass is 773 g/mol. The lowest BCUT2D eigenvalue weighted by Crippen LogP contribution is -2.29. The van der Waals surface area contributed by atoms with E-state index >= 15 is 0 Å². The number of hydrogen-bond acceptors (Lipinski definition) is 3. The van der Waals surface area contributed by atoms with Crippen molar-refractivity contribution in [1.82, 2.24) is 0 Å². The summed E-state index contributed by atoms with van der Waals surface area (Å²) in [5.41, 5.74) is 14.3. The predicted molar refractivity (Wildman–Crippen MR) is 256 cm³/mol. The molecule has 0 radical (unpaired) electrons. The Morgan fingerprint density at radius 2 is 1.08 bits per heavy atom. The average molecular weight is 774 g/mol. The molecule has 0 saturated heterocycles. The fourth-order valence-corrected chi connectivity index (χ4v) is 9.12. The highest BCUT2D eigenvalue weighted by Crippen LogP contribution is 2.46. The molecular weight excluding hydrogens is 727 g/mol. The summed E-state index contributed by atoms with van der Waals surface area (Å²) in [5.74, 6) is 0.604. The Morgan fingerprint density at radius 1 is 0.500 bits per heavy atom. The van der Waals surface area contributed by atoms with Crippen LogP contribution in [0, 0.1) is 5.92 Å². The summed E-state index contributed by atoms with van der Waals surface area (Å²) in [6.07, 6.45) is 14.4. The molecule has 290 valence electrons. The van der Waals surface area contributed by atoms with Crippen LogP contribution in [-0.2, 0) is 0 Å². The van der Waals surface area contributed by atoms with Crippen LogP contribution in [0.25, 0.3) is 28.0 Å². The third kappa shape index (κ3) is 7.31. The van der Waals surface area contributed by atoms with E-state index < -0.39 is 0 Å².